The van der Waals surface area contributed by atoms with Gasteiger partial charge in [-0.1, -0.05) is 23.7 Å². The average Bonchev–Trinajstić information content (AvgIpc) is 2.20. The van der Waals surface area contributed by atoms with E-state index in [2.05, 4.69) is 4.90 Å². The molecule has 0 aromatic heterocycles. The van der Waals surface area contributed by atoms with Crippen molar-refractivity contribution in [3.63, 3.8) is 0 Å². The summed E-state index contributed by atoms with van der Waals surface area (Å²) in [5, 5.41) is 10.2. The lowest BCUT2D eigenvalue weighted by Gasteiger charge is -2.31. The van der Waals surface area contributed by atoms with Crippen LogP contribution >= 0.6 is 11.6 Å². The van der Waals surface area contributed by atoms with E-state index in [1.807, 2.05) is 24.3 Å². The summed E-state index contributed by atoms with van der Waals surface area (Å²) in [7, 11) is 0. The molecule has 1 saturated heterocycles. The number of nitrogens with zero attached hydrogens (tertiary/aromatic N) is 1. The standard InChI is InChI=1S/C11H14ClNO/c12-10-3-1-2-4-11(10)13-7-5-9(14)6-8-13/h1-4,9,14H,5-8H2. The third-order valence-electron chi connectivity index (χ3n) is 2.66. The molecule has 2 nitrogen and oxygen atoms in total. The maximum Gasteiger partial charge on any atom is 0.0639 e. The molecule has 2 rings (SSSR count). The number of aliphatic hydroxyl groups is 1. The number of halogens is 1. The van der Waals surface area contributed by atoms with E-state index in [0.717, 1.165) is 36.6 Å². The van der Waals surface area contributed by atoms with Gasteiger partial charge in [-0.25, -0.2) is 0 Å². The van der Waals surface area contributed by atoms with Gasteiger partial charge in [-0.05, 0) is 25.0 Å². The van der Waals surface area contributed by atoms with Crippen LogP contribution in [-0.4, -0.2) is 24.3 Å². The van der Waals surface area contributed by atoms with E-state index in [4.69, 9.17) is 11.6 Å². The molecule has 1 aromatic rings. The van der Waals surface area contributed by atoms with Gasteiger partial charge in [0.25, 0.3) is 0 Å². The van der Waals surface area contributed by atoms with E-state index in [-0.39, 0.29) is 6.10 Å². The van der Waals surface area contributed by atoms with Gasteiger partial charge in [0.15, 0.2) is 0 Å². The molecule has 76 valence electrons. The molecule has 0 unspecified atom stereocenters. The fraction of sp³-hybridized carbons (Fsp3) is 0.455. The maximum atomic E-state index is 9.38. The minimum absolute atomic E-state index is 0.131. The zero-order valence-corrected chi connectivity index (χ0v) is 8.74. The summed E-state index contributed by atoms with van der Waals surface area (Å²) in [5.74, 6) is 0. The SMILES string of the molecule is OC1CCN(c2ccccc2Cl)CC1. The van der Waals surface area contributed by atoms with Gasteiger partial charge in [0.05, 0.1) is 16.8 Å². The van der Waals surface area contributed by atoms with Crippen LogP contribution < -0.4 is 4.90 Å². The second kappa shape index (κ2) is 4.20. The molecule has 1 N–H and O–H groups in total. The number of anilines is 1. The lowest BCUT2D eigenvalue weighted by molar-refractivity contribution is 0.145. The zero-order valence-electron chi connectivity index (χ0n) is 7.99. The van der Waals surface area contributed by atoms with Crippen LogP contribution in [-0.2, 0) is 0 Å². The van der Waals surface area contributed by atoms with Gasteiger partial charge in [-0.3, -0.25) is 0 Å². The Bertz CT molecular complexity index is 308. The fourth-order valence-corrected chi connectivity index (χ4v) is 2.07. The highest BCUT2D eigenvalue weighted by atomic mass is 35.5. The minimum Gasteiger partial charge on any atom is -0.393 e. The molecule has 14 heavy (non-hydrogen) atoms. The largest absolute Gasteiger partial charge is 0.393 e. The van der Waals surface area contributed by atoms with E-state index in [0.29, 0.717) is 0 Å². The van der Waals surface area contributed by atoms with Gasteiger partial charge >= 0.3 is 0 Å². The summed E-state index contributed by atoms with van der Waals surface area (Å²) < 4.78 is 0. The Labute approximate surface area is 89.1 Å². The van der Waals surface area contributed by atoms with Crippen molar-refractivity contribution in [2.75, 3.05) is 18.0 Å². The summed E-state index contributed by atoms with van der Waals surface area (Å²) in [4.78, 5) is 2.23. The summed E-state index contributed by atoms with van der Waals surface area (Å²) in [5.41, 5.74) is 1.08. The molecule has 1 aliphatic rings. The molecule has 0 saturated carbocycles. The minimum atomic E-state index is -0.131. The highest BCUT2D eigenvalue weighted by Gasteiger charge is 2.18. The summed E-state index contributed by atoms with van der Waals surface area (Å²) in [6, 6.07) is 7.86. The Morgan fingerprint density at radius 3 is 2.50 bits per heavy atom. The average molecular weight is 212 g/mol. The van der Waals surface area contributed by atoms with Crippen LogP contribution in [0.4, 0.5) is 5.69 Å². The molecule has 1 aromatic carbocycles. The van der Waals surface area contributed by atoms with Crippen molar-refractivity contribution in [3.8, 4) is 0 Å². The van der Waals surface area contributed by atoms with Gasteiger partial charge in [-0.2, -0.15) is 0 Å². The zero-order chi connectivity index (χ0) is 9.97. The van der Waals surface area contributed by atoms with Gasteiger partial charge in [-0.15, -0.1) is 0 Å². The number of hydrogen-bond acceptors (Lipinski definition) is 2. The van der Waals surface area contributed by atoms with Gasteiger partial charge in [0.1, 0.15) is 0 Å². The lowest BCUT2D eigenvalue weighted by atomic mass is 10.1. The molecule has 0 aliphatic carbocycles. The molecule has 3 heteroatoms. The van der Waals surface area contributed by atoms with Crippen molar-refractivity contribution >= 4 is 17.3 Å². The Kier molecular flexibility index (Phi) is 2.94. The van der Waals surface area contributed by atoms with Crippen LogP contribution in [0.15, 0.2) is 24.3 Å². The Balaban J connectivity index is 2.12. The monoisotopic (exact) mass is 211 g/mol. The molecule has 0 amide bonds. The molecule has 1 aliphatic heterocycles. The first-order valence-corrected chi connectivity index (χ1v) is 5.33. The first-order chi connectivity index (χ1) is 6.77. The van der Waals surface area contributed by atoms with Crippen molar-refractivity contribution < 1.29 is 5.11 Å². The van der Waals surface area contributed by atoms with Crippen LogP contribution in [0.2, 0.25) is 5.02 Å². The first-order valence-electron chi connectivity index (χ1n) is 4.95. The lowest BCUT2D eigenvalue weighted by Crippen LogP contribution is -2.35. The Morgan fingerprint density at radius 2 is 1.86 bits per heavy atom. The fourth-order valence-electron chi connectivity index (χ4n) is 1.81. The molecule has 0 radical (unpaired) electrons. The highest BCUT2D eigenvalue weighted by molar-refractivity contribution is 6.33. The van der Waals surface area contributed by atoms with E-state index in [1.54, 1.807) is 0 Å². The Morgan fingerprint density at radius 1 is 1.21 bits per heavy atom. The third kappa shape index (κ3) is 2.02. The summed E-state index contributed by atoms with van der Waals surface area (Å²) in [6.07, 6.45) is 1.55. The predicted molar refractivity (Wildman–Crippen MR) is 58.9 cm³/mol. The number of benzene rings is 1. The quantitative estimate of drug-likeness (QED) is 0.771. The second-order valence-electron chi connectivity index (χ2n) is 3.67. The number of piperidine rings is 1. The molecule has 0 bridgehead atoms. The summed E-state index contributed by atoms with van der Waals surface area (Å²) in [6.45, 7) is 1.79. The van der Waals surface area contributed by atoms with Crippen molar-refractivity contribution in [1.29, 1.82) is 0 Å². The first kappa shape index (κ1) is 9.81. The summed E-state index contributed by atoms with van der Waals surface area (Å²) >= 11 is 6.09. The smallest absolute Gasteiger partial charge is 0.0639 e. The van der Waals surface area contributed by atoms with Crippen LogP contribution in [0.25, 0.3) is 0 Å². The van der Waals surface area contributed by atoms with E-state index in [9.17, 15) is 5.11 Å². The van der Waals surface area contributed by atoms with E-state index >= 15 is 0 Å². The molecule has 1 fully saturated rings. The maximum absolute atomic E-state index is 9.38. The Hall–Kier alpha value is -0.730. The molecular weight excluding hydrogens is 198 g/mol. The van der Waals surface area contributed by atoms with Gasteiger partial charge in [0.2, 0.25) is 0 Å². The van der Waals surface area contributed by atoms with Gasteiger partial charge in [0, 0.05) is 13.1 Å². The topological polar surface area (TPSA) is 23.5 Å². The highest BCUT2D eigenvalue weighted by Crippen LogP contribution is 2.27. The normalized spacial score (nSPS) is 18.6. The predicted octanol–water partition coefficient (Wildman–Crippen LogP) is 2.30. The molecule has 1 heterocycles. The molecular formula is C11H14ClNO. The third-order valence-corrected chi connectivity index (χ3v) is 2.98. The second-order valence-corrected chi connectivity index (χ2v) is 4.08. The number of aliphatic hydroxyl groups excluding tert-OH is 1. The van der Waals surface area contributed by atoms with Crippen molar-refractivity contribution in [2.24, 2.45) is 0 Å². The molecule has 0 spiro atoms. The number of rotatable bonds is 1. The van der Waals surface area contributed by atoms with Crippen molar-refractivity contribution in [2.45, 2.75) is 18.9 Å². The van der Waals surface area contributed by atoms with Crippen LogP contribution in [0.3, 0.4) is 0 Å². The van der Waals surface area contributed by atoms with E-state index < -0.39 is 0 Å². The molecule has 0 atom stereocenters. The van der Waals surface area contributed by atoms with Crippen molar-refractivity contribution in [1.82, 2.24) is 0 Å². The number of para-hydroxylation sites is 1. The van der Waals surface area contributed by atoms with Crippen LogP contribution in [0, 0.1) is 0 Å². The van der Waals surface area contributed by atoms with Crippen molar-refractivity contribution in [3.05, 3.63) is 29.3 Å². The van der Waals surface area contributed by atoms with Gasteiger partial charge < -0.3 is 10.0 Å². The van der Waals surface area contributed by atoms with E-state index in [1.165, 1.54) is 0 Å². The number of hydrogen-bond donors (Lipinski definition) is 1. The van der Waals surface area contributed by atoms with Crippen LogP contribution in [0.5, 0.6) is 0 Å². The van der Waals surface area contributed by atoms with Crippen LogP contribution in [0.1, 0.15) is 12.8 Å².